The van der Waals surface area contributed by atoms with E-state index in [4.69, 9.17) is 0 Å². The number of carbonyl (C=O) groups excluding carboxylic acids is 2. The minimum Gasteiger partial charge on any atom is -0.343 e. The van der Waals surface area contributed by atoms with Gasteiger partial charge in [-0.3, -0.25) is 9.59 Å². The Morgan fingerprint density at radius 1 is 1.10 bits per heavy atom. The van der Waals surface area contributed by atoms with Crippen molar-refractivity contribution in [3.63, 3.8) is 0 Å². The van der Waals surface area contributed by atoms with E-state index in [1.165, 1.54) is 11.8 Å². The molecule has 0 aliphatic heterocycles. The zero-order valence-corrected chi connectivity index (χ0v) is 13.1. The Hall–Kier alpha value is -1.49. The zero-order chi connectivity index (χ0) is 15.0. The number of thioether (sulfide) groups is 1. The first-order chi connectivity index (χ1) is 9.56. The molecule has 4 nitrogen and oxygen atoms in total. The fourth-order valence-electron chi connectivity index (χ4n) is 1.73. The molecule has 5 heteroatoms. The maximum Gasteiger partial charge on any atom is 0.234 e. The van der Waals surface area contributed by atoms with Crippen molar-refractivity contribution in [2.75, 3.05) is 29.9 Å². The van der Waals surface area contributed by atoms with Gasteiger partial charge in [0.25, 0.3) is 0 Å². The fourth-order valence-corrected chi connectivity index (χ4v) is 2.45. The normalized spacial score (nSPS) is 10.2. The quantitative estimate of drug-likeness (QED) is 0.840. The van der Waals surface area contributed by atoms with E-state index in [-0.39, 0.29) is 11.8 Å². The van der Waals surface area contributed by atoms with E-state index in [1.807, 2.05) is 45.0 Å². The summed E-state index contributed by atoms with van der Waals surface area (Å²) in [4.78, 5) is 25.3. The van der Waals surface area contributed by atoms with Crippen LogP contribution in [0.2, 0.25) is 0 Å². The van der Waals surface area contributed by atoms with Crippen LogP contribution in [0.25, 0.3) is 0 Å². The minimum atomic E-state index is -0.0776. The Kier molecular flexibility index (Phi) is 7.15. The van der Waals surface area contributed by atoms with Crippen molar-refractivity contribution in [1.29, 1.82) is 0 Å². The molecule has 0 fully saturated rings. The largest absolute Gasteiger partial charge is 0.343 e. The molecule has 20 heavy (non-hydrogen) atoms. The van der Waals surface area contributed by atoms with Gasteiger partial charge in [0.2, 0.25) is 11.8 Å². The first-order valence-corrected chi connectivity index (χ1v) is 7.94. The second kappa shape index (κ2) is 8.64. The van der Waals surface area contributed by atoms with Gasteiger partial charge in [0.05, 0.1) is 11.5 Å². The number of amides is 2. The summed E-state index contributed by atoms with van der Waals surface area (Å²) in [5, 5.41) is 2.82. The molecule has 0 saturated heterocycles. The highest BCUT2D eigenvalue weighted by molar-refractivity contribution is 8.00. The maximum atomic E-state index is 11.8. The van der Waals surface area contributed by atoms with Crippen LogP contribution in [0.1, 0.15) is 19.4 Å². The molecule has 0 aromatic heterocycles. The van der Waals surface area contributed by atoms with Crippen LogP contribution >= 0.6 is 11.8 Å². The average Bonchev–Trinajstić information content (AvgIpc) is 2.43. The molecule has 0 aliphatic rings. The smallest absolute Gasteiger partial charge is 0.234 e. The van der Waals surface area contributed by atoms with Gasteiger partial charge < -0.3 is 10.2 Å². The first kappa shape index (κ1) is 16.6. The highest BCUT2D eigenvalue weighted by Crippen LogP contribution is 2.10. The number of nitrogens with zero attached hydrogens (tertiary/aromatic N) is 1. The molecule has 0 heterocycles. The molecule has 0 unspecified atom stereocenters. The molecule has 0 saturated carbocycles. The van der Waals surface area contributed by atoms with Crippen LogP contribution in [-0.4, -0.2) is 41.3 Å². The summed E-state index contributed by atoms with van der Waals surface area (Å²) in [5.41, 5.74) is 1.94. The van der Waals surface area contributed by atoms with E-state index in [0.717, 1.165) is 11.3 Å². The van der Waals surface area contributed by atoms with Gasteiger partial charge in [-0.15, -0.1) is 11.8 Å². The number of nitrogens with one attached hydrogen (secondary N) is 1. The Balaban J connectivity index is 2.30. The van der Waals surface area contributed by atoms with Crippen molar-refractivity contribution < 1.29 is 9.59 Å². The highest BCUT2D eigenvalue weighted by atomic mass is 32.2. The Bertz CT molecular complexity index is 442. The molecule has 110 valence electrons. The molecule has 2 amide bonds. The van der Waals surface area contributed by atoms with Crippen LogP contribution in [0.5, 0.6) is 0 Å². The summed E-state index contributed by atoms with van der Waals surface area (Å²) in [6.07, 6.45) is 0. The van der Waals surface area contributed by atoms with Crippen molar-refractivity contribution >= 4 is 29.3 Å². The topological polar surface area (TPSA) is 49.4 Å². The molecular weight excluding hydrogens is 272 g/mol. The number of hydrogen-bond donors (Lipinski definition) is 1. The van der Waals surface area contributed by atoms with Gasteiger partial charge in [-0.25, -0.2) is 0 Å². The standard InChI is InChI=1S/C15H22N2O2S/c1-4-17(5-2)15(19)11-20-10-14(18)16-13-8-6-12(3)7-9-13/h6-9H,4-5,10-11H2,1-3H3,(H,16,18). The molecule has 0 radical (unpaired) electrons. The molecule has 1 N–H and O–H groups in total. The third kappa shape index (κ3) is 5.65. The lowest BCUT2D eigenvalue weighted by molar-refractivity contribution is -0.127. The summed E-state index contributed by atoms with van der Waals surface area (Å²) < 4.78 is 0. The third-order valence-electron chi connectivity index (χ3n) is 2.91. The van der Waals surface area contributed by atoms with Crippen LogP contribution in [0.4, 0.5) is 5.69 Å². The van der Waals surface area contributed by atoms with Crippen molar-refractivity contribution in [2.45, 2.75) is 20.8 Å². The number of carbonyl (C=O) groups is 2. The molecule has 0 atom stereocenters. The number of hydrogen-bond acceptors (Lipinski definition) is 3. The lowest BCUT2D eigenvalue weighted by atomic mass is 10.2. The minimum absolute atomic E-state index is 0.0776. The lowest BCUT2D eigenvalue weighted by Gasteiger charge is -2.18. The molecule has 1 aromatic rings. The second-order valence-corrected chi connectivity index (χ2v) is 5.46. The molecule has 1 aromatic carbocycles. The summed E-state index contributed by atoms with van der Waals surface area (Å²) in [7, 11) is 0. The van der Waals surface area contributed by atoms with Crippen LogP contribution < -0.4 is 5.32 Å². The van der Waals surface area contributed by atoms with E-state index < -0.39 is 0 Å². The second-order valence-electron chi connectivity index (χ2n) is 4.47. The van der Waals surface area contributed by atoms with Gasteiger partial charge in [0.15, 0.2) is 0 Å². The van der Waals surface area contributed by atoms with Crippen LogP contribution in [-0.2, 0) is 9.59 Å². The predicted octanol–water partition coefficient (Wildman–Crippen LogP) is 2.54. The SMILES string of the molecule is CCN(CC)C(=O)CSCC(=O)Nc1ccc(C)cc1. The van der Waals surface area contributed by atoms with E-state index >= 15 is 0 Å². The first-order valence-electron chi connectivity index (χ1n) is 6.78. The molecule has 0 aliphatic carbocycles. The third-order valence-corrected chi connectivity index (χ3v) is 3.83. The van der Waals surface area contributed by atoms with Gasteiger partial charge in [-0.05, 0) is 32.9 Å². The van der Waals surface area contributed by atoms with Crippen molar-refractivity contribution in [2.24, 2.45) is 0 Å². The van der Waals surface area contributed by atoms with E-state index in [1.54, 1.807) is 4.90 Å². The van der Waals surface area contributed by atoms with Crippen molar-refractivity contribution in [3.05, 3.63) is 29.8 Å². The van der Waals surface area contributed by atoms with Crippen LogP contribution in [0.15, 0.2) is 24.3 Å². The summed E-state index contributed by atoms with van der Waals surface area (Å²) >= 11 is 1.35. The van der Waals surface area contributed by atoms with E-state index in [0.29, 0.717) is 24.6 Å². The maximum absolute atomic E-state index is 11.8. The van der Waals surface area contributed by atoms with Gasteiger partial charge >= 0.3 is 0 Å². The van der Waals surface area contributed by atoms with Gasteiger partial charge in [0.1, 0.15) is 0 Å². The van der Waals surface area contributed by atoms with Crippen LogP contribution in [0, 0.1) is 6.92 Å². The monoisotopic (exact) mass is 294 g/mol. The highest BCUT2D eigenvalue weighted by Gasteiger charge is 2.10. The van der Waals surface area contributed by atoms with Gasteiger partial charge in [0, 0.05) is 18.8 Å². The van der Waals surface area contributed by atoms with Crippen molar-refractivity contribution in [3.8, 4) is 0 Å². The van der Waals surface area contributed by atoms with Gasteiger partial charge in [-0.2, -0.15) is 0 Å². The van der Waals surface area contributed by atoms with Crippen molar-refractivity contribution in [1.82, 2.24) is 4.90 Å². The Labute approximate surface area is 124 Å². The fraction of sp³-hybridized carbons (Fsp3) is 0.467. The number of aryl methyl sites for hydroxylation is 1. The number of rotatable bonds is 7. The van der Waals surface area contributed by atoms with Gasteiger partial charge in [-0.1, -0.05) is 17.7 Å². The summed E-state index contributed by atoms with van der Waals surface area (Å²) in [5.74, 6) is 0.651. The zero-order valence-electron chi connectivity index (χ0n) is 12.3. The van der Waals surface area contributed by atoms with E-state index in [9.17, 15) is 9.59 Å². The molecular formula is C15H22N2O2S. The molecule has 0 bridgehead atoms. The average molecular weight is 294 g/mol. The molecule has 1 rings (SSSR count). The molecule has 0 spiro atoms. The predicted molar refractivity (Wildman–Crippen MR) is 85.1 cm³/mol. The van der Waals surface area contributed by atoms with Crippen LogP contribution in [0.3, 0.4) is 0 Å². The number of anilines is 1. The van der Waals surface area contributed by atoms with E-state index in [2.05, 4.69) is 5.32 Å². The number of benzene rings is 1. The summed E-state index contributed by atoms with van der Waals surface area (Å²) in [6, 6.07) is 7.65. The Morgan fingerprint density at radius 2 is 1.70 bits per heavy atom. The lowest BCUT2D eigenvalue weighted by Crippen LogP contribution is -2.32. The summed E-state index contributed by atoms with van der Waals surface area (Å²) in [6.45, 7) is 7.34. The Morgan fingerprint density at radius 3 is 2.25 bits per heavy atom.